The lowest BCUT2D eigenvalue weighted by Gasteiger charge is -2.09. The van der Waals surface area contributed by atoms with Crippen LogP contribution in [0.3, 0.4) is 0 Å². The summed E-state index contributed by atoms with van der Waals surface area (Å²) in [6.45, 7) is 8.89. The van der Waals surface area contributed by atoms with Gasteiger partial charge in [-0.15, -0.1) is 0 Å². The minimum atomic E-state index is 0.566. The molecule has 28 heavy (non-hydrogen) atoms. The van der Waals surface area contributed by atoms with Crippen LogP contribution in [0.15, 0.2) is 24.3 Å². The third kappa shape index (κ3) is 14.9. The van der Waals surface area contributed by atoms with E-state index in [2.05, 4.69) is 38.1 Å². The highest BCUT2D eigenvalue weighted by molar-refractivity contribution is 5.27. The summed E-state index contributed by atoms with van der Waals surface area (Å²) in [7, 11) is 0. The fourth-order valence-electron chi connectivity index (χ4n) is 2.87. The lowest BCUT2D eigenvalue weighted by Crippen LogP contribution is -2.12. The Labute approximate surface area is 172 Å². The van der Waals surface area contributed by atoms with Gasteiger partial charge >= 0.3 is 0 Å². The Morgan fingerprint density at radius 2 is 1.07 bits per heavy atom. The van der Waals surface area contributed by atoms with Gasteiger partial charge in [0.25, 0.3) is 0 Å². The standard InChI is InChI=1S/C24H42O4/c1-3-5-7-8-9-10-11-23-12-14-24(15-13-23)28-22-21-27-20-19-26-18-17-25-16-6-4-2/h12-15H,3-11,16-22H2,1-2H3. The van der Waals surface area contributed by atoms with Gasteiger partial charge in [0.1, 0.15) is 12.4 Å². The van der Waals surface area contributed by atoms with Crippen LogP contribution in [0.25, 0.3) is 0 Å². The summed E-state index contributed by atoms with van der Waals surface area (Å²) in [4.78, 5) is 0. The summed E-state index contributed by atoms with van der Waals surface area (Å²) in [5.74, 6) is 0.913. The van der Waals surface area contributed by atoms with Gasteiger partial charge in [-0.1, -0.05) is 64.5 Å². The third-order valence-corrected chi connectivity index (χ3v) is 4.63. The Morgan fingerprint density at radius 3 is 1.71 bits per heavy atom. The van der Waals surface area contributed by atoms with E-state index in [9.17, 15) is 0 Å². The van der Waals surface area contributed by atoms with Gasteiger partial charge in [-0.2, -0.15) is 0 Å². The average molecular weight is 395 g/mol. The lowest BCUT2D eigenvalue weighted by atomic mass is 10.0. The zero-order valence-electron chi connectivity index (χ0n) is 18.3. The van der Waals surface area contributed by atoms with Crippen molar-refractivity contribution >= 4 is 0 Å². The molecule has 0 atom stereocenters. The van der Waals surface area contributed by atoms with Crippen molar-refractivity contribution < 1.29 is 18.9 Å². The number of hydrogen-bond donors (Lipinski definition) is 0. The Morgan fingerprint density at radius 1 is 0.536 bits per heavy atom. The number of ether oxygens (including phenoxy) is 4. The van der Waals surface area contributed by atoms with E-state index in [0.717, 1.165) is 18.8 Å². The molecule has 1 aromatic rings. The second-order valence-electron chi connectivity index (χ2n) is 7.20. The predicted octanol–water partition coefficient (Wildman–Crippen LogP) is 5.82. The van der Waals surface area contributed by atoms with Crippen LogP contribution in [-0.2, 0) is 20.6 Å². The first-order chi connectivity index (χ1) is 13.9. The molecule has 1 aromatic carbocycles. The first kappa shape index (κ1) is 24.9. The maximum atomic E-state index is 5.73. The molecule has 0 spiro atoms. The molecular formula is C24H42O4. The smallest absolute Gasteiger partial charge is 0.119 e. The SMILES string of the molecule is CCCCCCCCc1ccc(OCCOCCOCCOCCCC)cc1. The van der Waals surface area contributed by atoms with E-state index in [4.69, 9.17) is 18.9 Å². The Balaban J connectivity index is 1.91. The Bertz CT molecular complexity index is 433. The van der Waals surface area contributed by atoms with Gasteiger partial charge in [-0.3, -0.25) is 0 Å². The second kappa shape index (κ2) is 19.2. The van der Waals surface area contributed by atoms with Crippen LogP contribution < -0.4 is 4.74 Å². The van der Waals surface area contributed by atoms with Crippen molar-refractivity contribution in [3.8, 4) is 5.75 Å². The van der Waals surface area contributed by atoms with Crippen LogP contribution in [0.5, 0.6) is 5.75 Å². The van der Waals surface area contributed by atoms with Crippen molar-refractivity contribution in [1.82, 2.24) is 0 Å². The zero-order chi connectivity index (χ0) is 20.1. The number of benzene rings is 1. The molecule has 0 unspecified atom stereocenters. The van der Waals surface area contributed by atoms with Crippen molar-refractivity contribution in [1.29, 1.82) is 0 Å². The van der Waals surface area contributed by atoms with Crippen LogP contribution in [0.4, 0.5) is 0 Å². The van der Waals surface area contributed by atoms with Gasteiger partial charge < -0.3 is 18.9 Å². The average Bonchev–Trinajstić information content (AvgIpc) is 2.72. The van der Waals surface area contributed by atoms with Crippen molar-refractivity contribution in [3.05, 3.63) is 29.8 Å². The van der Waals surface area contributed by atoms with Gasteiger partial charge in [0.2, 0.25) is 0 Å². The number of rotatable bonds is 20. The summed E-state index contributed by atoms with van der Waals surface area (Å²) < 4.78 is 22.1. The number of hydrogen-bond acceptors (Lipinski definition) is 4. The maximum Gasteiger partial charge on any atom is 0.119 e. The fourth-order valence-corrected chi connectivity index (χ4v) is 2.87. The minimum absolute atomic E-state index is 0.566. The van der Waals surface area contributed by atoms with Crippen LogP contribution in [0, 0.1) is 0 Å². The van der Waals surface area contributed by atoms with Gasteiger partial charge in [0, 0.05) is 6.61 Å². The van der Waals surface area contributed by atoms with E-state index in [-0.39, 0.29) is 0 Å². The molecule has 0 bridgehead atoms. The lowest BCUT2D eigenvalue weighted by molar-refractivity contribution is 0.00895. The highest BCUT2D eigenvalue weighted by Crippen LogP contribution is 2.15. The van der Waals surface area contributed by atoms with E-state index in [1.165, 1.54) is 56.9 Å². The van der Waals surface area contributed by atoms with E-state index < -0.39 is 0 Å². The topological polar surface area (TPSA) is 36.9 Å². The predicted molar refractivity (Wildman–Crippen MR) is 116 cm³/mol. The molecular weight excluding hydrogens is 352 g/mol. The molecule has 0 aromatic heterocycles. The van der Waals surface area contributed by atoms with Gasteiger partial charge in [-0.25, -0.2) is 0 Å². The fraction of sp³-hybridized carbons (Fsp3) is 0.750. The van der Waals surface area contributed by atoms with Gasteiger partial charge in [-0.05, 0) is 37.0 Å². The molecule has 0 aliphatic rings. The monoisotopic (exact) mass is 394 g/mol. The van der Waals surface area contributed by atoms with Crippen molar-refractivity contribution in [2.45, 2.75) is 71.6 Å². The third-order valence-electron chi connectivity index (χ3n) is 4.63. The van der Waals surface area contributed by atoms with Crippen LogP contribution >= 0.6 is 0 Å². The molecule has 0 saturated carbocycles. The molecule has 0 heterocycles. The van der Waals surface area contributed by atoms with E-state index >= 15 is 0 Å². The second-order valence-corrected chi connectivity index (χ2v) is 7.20. The van der Waals surface area contributed by atoms with E-state index in [0.29, 0.717) is 39.6 Å². The van der Waals surface area contributed by atoms with E-state index in [1.54, 1.807) is 0 Å². The normalized spacial score (nSPS) is 11.1. The Kier molecular flexibility index (Phi) is 17.1. The summed E-state index contributed by atoms with van der Waals surface area (Å²) in [6.07, 6.45) is 11.5. The van der Waals surface area contributed by atoms with Crippen molar-refractivity contribution in [3.63, 3.8) is 0 Å². The molecule has 0 amide bonds. The highest BCUT2D eigenvalue weighted by atomic mass is 16.6. The molecule has 0 saturated heterocycles. The molecule has 4 heteroatoms. The first-order valence-electron chi connectivity index (χ1n) is 11.3. The molecule has 0 fully saturated rings. The van der Waals surface area contributed by atoms with Crippen LogP contribution in [-0.4, -0.2) is 46.2 Å². The molecule has 4 nitrogen and oxygen atoms in total. The van der Waals surface area contributed by atoms with Crippen LogP contribution in [0.2, 0.25) is 0 Å². The molecule has 1 rings (SSSR count). The summed E-state index contributed by atoms with van der Waals surface area (Å²) >= 11 is 0. The maximum absolute atomic E-state index is 5.73. The molecule has 0 radical (unpaired) electrons. The molecule has 0 aliphatic carbocycles. The summed E-state index contributed by atoms with van der Waals surface area (Å²) in [6, 6.07) is 8.49. The van der Waals surface area contributed by atoms with Crippen LogP contribution in [0.1, 0.15) is 70.8 Å². The van der Waals surface area contributed by atoms with Gasteiger partial charge in [0.15, 0.2) is 0 Å². The van der Waals surface area contributed by atoms with E-state index in [1.807, 2.05) is 0 Å². The summed E-state index contributed by atoms with van der Waals surface area (Å²) in [5, 5.41) is 0. The summed E-state index contributed by atoms with van der Waals surface area (Å²) in [5.41, 5.74) is 1.40. The zero-order valence-corrected chi connectivity index (χ0v) is 18.3. The largest absolute Gasteiger partial charge is 0.491 e. The quantitative estimate of drug-likeness (QED) is 0.261. The number of unbranched alkanes of at least 4 members (excludes halogenated alkanes) is 6. The number of aryl methyl sites for hydroxylation is 1. The first-order valence-corrected chi connectivity index (χ1v) is 11.3. The minimum Gasteiger partial charge on any atom is -0.491 e. The molecule has 0 N–H and O–H groups in total. The van der Waals surface area contributed by atoms with Crippen molar-refractivity contribution in [2.75, 3.05) is 46.2 Å². The highest BCUT2D eigenvalue weighted by Gasteiger charge is 1.98. The van der Waals surface area contributed by atoms with Gasteiger partial charge in [0.05, 0.1) is 33.0 Å². The molecule has 162 valence electrons. The Hall–Kier alpha value is -1.10. The van der Waals surface area contributed by atoms with Crippen molar-refractivity contribution in [2.24, 2.45) is 0 Å². The molecule has 0 aliphatic heterocycles.